The third-order valence-electron chi connectivity index (χ3n) is 3.73. The standard InChI is InChI=1S/C15H17F2N3O2.ClH/c1-9-3-2-4-11-13(9)20-12(22-11)5-6-18-14(21)10-7-15(16,17)8-19-10;/h2-4,10,19H,5-8H2,1H3,(H,18,21);1H. The van der Waals surface area contributed by atoms with E-state index in [4.69, 9.17) is 4.42 Å². The number of oxazole rings is 1. The number of hydrogen-bond acceptors (Lipinski definition) is 4. The van der Waals surface area contributed by atoms with E-state index < -0.39 is 30.8 Å². The van der Waals surface area contributed by atoms with Gasteiger partial charge in [-0.1, -0.05) is 12.1 Å². The summed E-state index contributed by atoms with van der Waals surface area (Å²) in [6.45, 7) is 1.80. The Labute approximate surface area is 138 Å². The van der Waals surface area contributed by atoms with Gasteiger partial charge in [0.25, 0.3) is 5.92 Å². The number of aromatic nitrogens is 1. The molecule has 0 saturated carbocycles. The molecule has 0 spiro atoms. The van der Waals surface area contributed by atoms with E-state index in [-0.39, 0.29) is 12.4 Å². The molecule has 1 aromatic carbocycles. The summed E-state index contributed by atoms with van der Waals surface area (Å²) in [6.07, 6.45) is -0.0378. The van der Waals surface area contributed by atoms with Gasteiger partial charge in [-0.2, -0.15) is 0 Å². The van der Waals surface area contributed by atoms with Crippen molar-refractivity contribution < 1.29 is 18.0 Å². The molecule has 1 saturated heterocycles. The Morgan fingerprint density at radius 1 is 1.52 bits per heavy atom. The lowest BCUT2D eigenvalue weighted by atomic mass is 10.2. The maximum atomic E-state index is 13.0. The molecule has 1 amide bonds. The molecule has 5 nitrogen and oxygen atoms in total. The molecule has 2 aromatic rings. The van der Waals surface area contributed by atoms with Crippen LogP contribution < -0.4 is 10.6 Å². The largest absolute Gasteiger partial charge is 0.441 e. The fourth-order valence-corrected chi connectivity index (χ4v) is 2.56. The molecule has 2 heterocycles. The van der Waals surface area contributed by atoms with Gasteiger partial charge in [-0.05, 0) is 18.6 Å². The lowest BCUT2D eigenvalue weighted by Gasteiger charge is -2.10. The van der Waals surface area contributed by atoms with Gasteiger partial charge in [0.2, 0.25) is 5.91 Å². The van der Waals surface area contributed by atoms with Crippen LogP contribution in [0.2, 0.25) is 0 Å². The van der Waals surface area contributed by atoms with E-state index >= 15 is 0 Å². The fourth-order valence-electron chi connectivity index (χ4n) is 2.56. The molecule has 0 aliphatic carbocycles. The molecule has 1 fully saturated rings. The number of nitrogens with zero attached hydrogens (tertiary/aromatic N) is 1. The van der Waals surface area contributed by atoms with Gasteiger partial charge < -0.3 is 9.73 Å². The smallest absolute Gasteiger partial charge is 0.262 e. The minimum Gasteiger partial charge on any atom is -0.441 e. The first-order valence-electron chi connectivity index (χ1n) is 7.18. The molecule has 0 radical (unpaired) electrons. The number of fused-ring (bicyclic) bond motifs is 1. The molecule has 2 N–H and O–H groups in total. The van der Waals surface area contributed by atoms with Crippen LogP contribution in [0, 0.1) is 6.92 Å². The van der Waals surface area contributed by atoms with Crippen molar-refractivity contribution in [3.8, 4) is 0 Å². The summed E-state index contributed by atoms with van der Waals surface area (Å²) in [5, 5.41) is 5.16. The number of rotatable bonds is 4. The maximum absolute atomic E-state index is 13.0. The van der Waals surface area contributed by atoms with Crippen LogP contribution >= 0.6 is 12.4 Å². The normalized spacial score (nSPS) is 19.5. The number of hydrogen-bond donors (Lipinski definition) is 2. The van der Waals surface area contributed by atoms with Gasteiger partial charge in [-0.25, -0.2) is 13.8 Å². The Morgan fingerprint density at radius 3 is 2.96 bits per heavy atom. The van der Waals surface area contributed by atoms with Crippen LogP contribution in [0.1, 0.15) is 17.9 Å². The fraction of sp³-hybridized carbons (Fsp3) is 0.467. The number of halogens is 3. The van der Waals surface area contributed by atoms with Crippen LogP contribution in [0.3, 0.4) is 0 Å². The minimum atomic E-state index is -2.81. The molecule has 1 aromatic heterocycles. The molecule has 1 aliphatic rings. The van der Waals surface area contributed by atoms with Gasteiger partial charge >= 0.3 is 0 Å². The van der Waals surface area contributed by atoms with Gasteiger partial charge in [-0.15, -0.1) is 12.4 Å². The van der Waals surface area contributed by atoms with Crippen molar-refractivity contribution in [3.05, 3.63) is 29.7 Å². The molecule has 3 rings (SSSR count). The van der Waals surface area contributed by atoms with Crippen molar-refractivity contribution in [2.45, 2.75) is 31.7 Å². The van der Waals surface area contributed by atoms with Crippen molar-refractivity contribution in [1.29, 1.82) is 0 Å². The Balaban J connectivity index is 0.00000192. The second-order valence-electron chi connectivity index (χ2n) is 5.56. The van der Waals surface area contributed by atoms with Crippen LogP contribution in [-0.2, 0) is 11.2 Å². The summed E-state index contributed by atoms with van der Waals surface area (Å²) < 4.78 is 31.7. The van der Waals surface area contributed by atoms with E-state index in [9.17, 15) is 13.6 Å². The quantitative estimate of drug-likeness (QED) is 0.891. The summed E-state index contributed by atoms with van der Waals surface area (Å²) in [5.41, 5.74) is 2.54. The average molecular weight is 346 g/mol. The highest BCUT2D eigenvalue weighted by Crippen LogP contribution is 2.25. The zero-order valence-corrected chi connectivity index (χ0v) is 13.4. The Bertz CT molecular complexity index is 705. The SMILES string of the molecule is Cc1cccc2oc(CCNC(=O)C3CC(F)(F)CN3)nc12.Cl. The molecular weight excluding hydrogens is 328 g/mol. The monoisotopic (exact) mass is 345 g/mol. The first kappa shape index (κ1) is 17.6. The number of nitrogens with one attached hydrogen (secondary N) is 2. The zero-order valence-electron chi connectivity index (χ0n) is 12.6. The van der Waals surface area contributed by atoms with Crippen LogP contribution in [-0.4, -0.2) is 35.9 Å². The molecule has 8 heteroatoms. The van der Waals surface area contributed by atoms with Crippen LogP contribution in [0.5, 0.6) is 0 Å². The zero-order chi connectivity index (χ0) is 15.7. The van der Waals surface area contributed by atoms with Gasteiger partial charge in [-0.3, -0.25) is 10.1 Å². The highest BCUT2D eigenvalue weighted by Gasteiger charge is 2.42. The van der Waals surface area contributed by atoms with Gasteiger partial charge in [0.1, 0.15) is 5.52 Å². The highest BCUT2D eigenvalue weighted by molar-refractivity contribution is 5.85. The summed E-state index contributed by atoms with van der Waals surface area (Å²) in [5.74, 6) is -2.70. The Morgan fingerprint density at radius 2 is 2.30 bits per heavy atom. The van der Waals surface area contributed by atoms with E-state index in [0.29, 0.717) is 24.4 Å². The number of amides is 1. The van der Waals surface area contributed by atoms with Crippen molar-refractivity contribution in [2.75, 3.05) is 13.1 Å². The second kappa shape index (κ2) is 6.80. The lowest BCUT2D eigenvalue weighted by molar-refractivity contribution is -0.123. The number of para-hydroxylation sites is 1. The summed E-state index contributed by atoms with van der Waals surface area (Å²) in [4.78, 5) is 16.2. The van der Waals surface area contributed by atoms with Crippen molar-refractivity contribution >= 4 is 29.4 Å². The minimum absolute atomic E-state index is 0. The predicted octanol–water partition coefficient (Wildman–Crippen LogP) is 2.21. The first-order valence-corrected chi connectivity index (χ1v) is 7.18. The van der Waals surface area contributed by atoms with E-state index in [1.165, 1.54) is 0 Å². The van der Waals surface area contributed by atoms with Gasteiger partial charge in [0, 0.05) is 19.4 Å². The highest BCUT2D eigenvalue weighted by atomic mass is 35.5. The van der Waals surface area contributed by atoms with Crippen molar-refractivity contribution in [2.24, 2.45) is 0 Å². The Hall–Kier alpha value is -1.73. The molecule has 1 atom stereocenters. The number of alkyl halides is 2. The van der Waals surface area contributed by atoms with E-state index in [1.807, 2.05) is 25.1 Å². The van der Waals surface area contributed by atoms with Gasteiger partial charge in [0.15, 0.2) is 11.5 Å². The number of carbonyl (C=O) groups is 1. The van der Waals surface area contributed by atoms with Crippen LogP contribution in [0.4, 0.5) is 8.78 Å². The Kier molecular flexibility index (Phi) is 5.21. The van der Waals surface area contributed by atoms with E-state index in [2.05, 4.69) is 15.6 Å². The van der Waals surface area contributed by atoms with Crippen molar-refractivity contribution in [3.63, 3.8) is 0 Å². The molecule has 1 aliphatic heterocycles. The third kappa shape index (κ3) is 3.97. The van der Waals surface area contributed by atoms with E-state index in [1.54, 1.807) is 0 Å². The number of benzene rings is 1. The third-order valence-corrected chi connectivity index (χ3v) is 3.73. The van der Waals surface area contributed by atoms with E-state index in [0.717, 1.165) is 11.1 Å². The molecule has 1 unspecified atom stereocenters. The first-order chi connectivity index (χ1) is 10.4. The molecule has 23 heavy (non-hydrogen) atoms. The number of carbonyl (C=O) groups excluding carboxylic acids is 1. The lowest BCUT2D eigenvalue weighted by Crippen LogP contribution is -2.41. The van der Waals surface area contributed by atoms with Crippen LogP contribution in [0.25, 0.3) is 11.1 Å². The molecular formula is C15H18ClF2N3O2. The topological polar surface area (TPSA) is 67.2 Å². The average Bonchev–Trinajstić information content (AvgIpc) is 3.02. The van der Waals surface area contributed by atoms with Crippen molar-refractivity contribution in [1.82, 2.24) is 15.6 Å². The molecule has 126 valence electrons. The summed E-state index contributed by atoms with van der Waals surface area (Å²) in [6, 6.07) is 4.84. The number of aryl methyl sites for hydroxylation is 1. The van der Waals surface area contributed by atoms with Gasteiger partial charge in [0.05, 0.1) is 12.6 Å². The second-order valence-corrected chi connectivity index (χ2v) is 5.56. The van der Waals surface area contributed by atoms with Crippen LogP contribution in [0.15, 0.2) is 22.6 Å². The summed E-state index contributed by atoms with van der Waals surface area (Å²) in [7, 11) is 0. The molecule has 0 bridgehead atoms. The maximum Gasteiger partial charge on any atom is 0.262 e. The predicted molar refractivity (Wildman–Crippen MR) is 84.1 cm³/mol. The summed E-state index contributed by atoms with van der Waals surface area (Å²) >= 11 is 0.